The quantitative estimate of drug-likeness (QED) is 0.464. The summed E-state index contributed by atoms with van der Waals surface area (Å²) in [6.45, 7) is -0.490. The number of aliphatic hydroxyl groups is 2. The first-order chi connectivity index (χ1) is 14.6. The molecule has 6 nitrogen and oxygen atoms in total. The summed E-state index contributed by atoms with van der Waals surface area (Å²) in [5, 5.41) is 24.9. The number of aliphatic hydroxyl groups excluding tert-OH is 2. The molecule has 0 aliphatic heterocycles. The van der Waals surface area contributed by atoms with Gasteiger partial charge in [0.15, 0.2) is 0 Å². The molecule has 3 aromatic rings. The first-order valence-electron chi connectivity index (χ1n) is 9.65. The average molecular weight is 404 g/mol. The van der Waals surface area contributed by atoms with Gasteiger partial charge in [-0.25, -0.2) is 0 Å². The summed E-state index contributed by atoms with van der Waals surface area (Å²) in [7, 11) is 0. The smallest absolute Gasteiger partial charge is 0.251 e. The molecule has 30 heavy (non-hydrogen) atoms. The van der Waals surface area contributed by atoms with E-state index in [1.807, 2.05) is 60.7 Å². The van der Waals surface area contributed by atoms with Gasteiger partial charge in [0, 0.05) is 11.1 Å². The van der Waals surface area contributed by atoms with Crippen molar-refractivity contribution in [3.63, 3.8) is 0 Å². The largest absolute Gasteiger partial charge is 0.394 e. The SMILES string of the molecule is O=C(NC(CO)c1ccccc1)c1cccc(C(=O)NC(CO)c2ccccc2)c1. The van der Waals surface area contributed by atoms with Gasteiger partial charge in [-0.3, -0.25) is 9.59 Å². The lowest BCUT2D eigenvalue weighted by Gasteiger charge is -2.18. The van der Waals surface area contributed by atoms with Gasteiger partial charge in [-0.2, -0.15) is 0 Å². The van der Waals surface area contributed by atoms with Crippen LogP contribution in [0.15, 0.2) is 84.9 Å². The molecule has 0 heterocycles. The lowest BCUT2D eigenvalue weighted by Crippen LogP contribution is -2.32. The van der Waals surface area contributed by atoms with Gasteiger partial charge in [-0.15, -0.1) is 0 Å². The number of carbonyl (C=O) groups is 2. The lowest BCUT2D eigenvalue weighted by atomic mass is 10.0. The van der Waals surface area contributed by atoms with Crippen molar-refractivity contribution < 1.29 is 19.8 Å². The fourth-order valence-corrected chi connectivity index (χ4v) is 3.12. The second-order valence-electron chi connectivity index (χ2n) is 6.82. The predicted molar refractivity (Wildman–Crippen MR) is 114 cm³/mol. The molecular weight excluding hydrogens is 380 g/mol. The maximum atomic E-state index is 12.7. The molecule has 0 aliphatic rings. The van der Waals surface area contributed by atoms with Gasteiger partial charge in [0.25, 0.3) is 11.8 Å². The molecule has 3 rings (SSSR count). The van der Waals surface area contributed by atoms with Gasteiger partial charge in [-0.1, -0.05) is 66.7 Å². The number of carbonyl (C=O) groups excluding carboxylic acids is 2. The van der Waals surface area contributed by atoms with E-state index in [0.717, 1.165) is 11.1 Å². The van der Waals surface area contributed by atoms with E-state index >= 15 is 0 Å². The van der Waals surface area contributed by atoms with Crippen LogP contribution in [-0.2, 0) is 0 Å². The molecule has 4 N–H and O–H groups in total. The summed E-state index contributed by atoms with van der Waals surface area (Å²) in [6.07, 6.45) is 0. The number of nitrogens with one attached hydrogen (secondary N) is 2. The predicted octanol–water partition coefficient (Wildman–Crippen LogP) is 2.61. The van der Waals surface area contributed by atoms with Gasteiger partial charge in [0.1, 0.15) is 0 Å². The van der Waals surface area contributed by atoms with Crippen molar-refractivity contribution >= 4 is 11.8 Å². The topological polar surface area (TPSA) is 98.7 Å². The van der Waals surface area contributed by atoms with E-state index in [2.05, 4.69) is 10.6 Å². The second kappa shape index (κ2) is 10.3. The van der Waals surface area contributed by atoms with E-state index in [1.54, 1.807) is 18.2 Å². The molecule has 2 atom stereocenters. The van der Waals surface area contributed by atoms with Crippen LogP contribution in [0.3, 0.4) is 0 Å². The van der Waals surface area contributed by atoms with Crippen LogP contribution in [0, 0.1) is 0 Å². The Balaban J connectivity index is 1.71. The molecule has 0 spiro atoms. The van der Waals surface area contributed by atoms with E-state index in [4.69, 9.17) is 0 Å². The van der Waals surface area contributed by atoms with Crippen LogP contribution in [0.1, 0.15) is 43.9 Å². The molecule has 0 aromatic heterocycles. The van der Waals surface area contributed by atoms with E-state index in [9.17, 15) is 19.8 Å². The van der Waals surface area contributed by atoms with Crippen molar-refractivity contribution in [1.82, 2.24) is 10.6 Å². The van der Waals surface area contributed by atoms with Gasteiger partial charge in [0.2, 0.25) is 0 Å². The highest BCUT2D eigenvalue weighted by atomic mass is 16.3. The Hall–Kier alpha value is -3.48. The van der Waals surface area contributed by atoms with Crippen molar-refractivity contribution in [2.75, 3.05) is 13.2 Å². The molecule has 2 amide bonds. The Labute approximate surface area is 175 Å². The van der Waals surface area contributed by atoms with E-state index in [0.29, 0.717) is 11.1 Å². The summed E-state index contributed by atoms with van der Waals surface area (Å²) in [4.78, 5) is 25.3. The minimum Gasteiger partial charge on any atom is -0.394 e. The standard InChI is InChI=1S/C24H24N2O4/c27-15-21(17-8-3-1-4-9-17)25-23(29)19-12-7-13-20(14-19)24(30)26-22(16-28)18-10-5-2-6-11-18/h1-14,21-22,27-28H,15-16H2,(H,25,29)(H,26,30). The molecule has 0 fully saturated rings. The highest BCUT2D eigenvalue weighted by Crippen LogP contribution is 2.15. The van der Waals surface area contributed by atoms with Crippen LogP contribution in [0.25, 0.3) is 0 Å². The zero-order valence-electron chi connectivity index (χ0n) is 16.4. The summed E-state index contributed by atoms with van der Waals surface area (Å²) in [5.41, 5.74) is 2.18. The zero-order valence-corrected chi connectivity index (χ0v) is 16.4. The Morgan fingerprint density at radius 1 is 0.633 bits per heavy atom. The highest BCUT2D eigenvalue weighted by Gasteiger charge is 2.18. The zero-order chi connectivity index (χ0) is 21.3. The van der Waals surface area contributed by atoms with E-state index < -0.39 is 23.9 Å². The molecule has 3 aromatic carbocycles. The van der Waals surface area contributed by atoms with Crippen LogP contribution >= 0.6 is 0 Å². The molecule has 0 bridgehead atoms. The van der Waals surface area contributed by atoms with E-state index in [-0.39, 0.29) is 13.2 Å². The number of hydrogen-bond donors (Lipinski definition) is 4. The molecule has 0 saturated heterocycles. The van der Waals surface area contributed by atoms with Gasteiger partial charge in [0.05, 0.1) is 25.3 Å². The third-order valence-electron chi connectivity index (χ3n) is 4.77. The highest BCUT2D eigenvalue weighted by molar-refractivity contribution is 5.99. The van der Waals surface area contributed by atoms with Gasteiger partial charge < -0.3 is 20.8 Å². The Morgan fingerprint density at radius 2 is 1.03 bits per heavy atom. The molecule has 0 radical (unpaired) electrons. The molecule has 6 heteroatoms. The average Bonchev–Trinajstić information content (AvgIpc) is 2.81. The fraction of sp³-hybridized carbons (Fsp3) is 0.167. The van der Waals surface area contributed by atoms with Crippen molar-refractivity contribution in [3.05, 3.63) is 107 Å². The molecular formula is C24H24N2O4. The maximum Gasteiger partial charge on any atom is 0.251 e. The summed E-state index contributed by atoms with van der Waals surface area (Å²) in [6, 6.07) is 23.6. The Bertz CT molecular complexity index is 900. The van der Waals surface area contributed by atoms with Crippen LogP contribution in [0.4, 0.5) is 0 Å². The first-order valence-corrected chi connectivity index (χ1v) is 9.65. The van der Waals surface area contributed by atoms with Crippen molar-refractivity contribution in [1.29, 1.82) is 0 Å². The van der Waals surface area contributed by atoms with Crippen molar-refractivity contribution in [2.24, 2.45) is 0 Å². The molecule has 2 unspecified atom stereocenters. The summed E-state index contributed by atoms with van der Waals surface area (Å²) in [5.74, 6) is -0.788. The third kappa shape index (κ3) is 5.31. The van der Waals surface area contributed by atoms with Crippen LogP contribution in [0.2, 0.25) is 0 Å². The van der Waals surface area contributed by atoms with Crippen molar-refractivity contribution in [2.45, 2.75) is 12.1 Å². The van der Waals surface area contributed by atoms with Gasteiger partial charge >= 0.3 is 0 Å². The summed E-state index contributed by atoms with van der Waals surface area (Å²) < 4.78 is 0. The second-order valence-corrected chi connectivity index (χ2v) is 6.82. The number of rotatable bonds is 8. The van der Waals surface area contributed by atoms with Crippen molar-refractivity contribution in [3.8, 4) is 0 Å². The third-order valence-corrected chi connectivity index (χ3v) is 4.77. The monoisotopic (exact) mass is 404 g/mol. The van der Waals surface area contributed by atoms with Crippen LogP contribution in [0.5, 0.6) is 0 Å². The summed E-state index contributed by atoms with van der Waals surface area (Å²) >= 11 is 0. The maximum absolute atomic E-state index is 12.7. The number of benzene rings is 3. The Kier molecular flexibility index (Phi) is 7.32. The Morgan fingerprint density at radius 3 is 1.40 bits per heavy atom. The lowest BCUT2D eigenvalue weighted by molar-refractivity contribution is 0.0915. The van der Waals surface area contributed by atoms with Crippen LogP contribution < -0.4 is 10.6 Å². The molecule has 154 valence electrons. The first kappa shape index (κ1) is 21.2. The van der Waals surface area contributed by atoms with Crippen LogP contribution in [-0.4, -0.2) is 35.2 Å². The molecule has 0 saturated carbocycles. The minimum atomic E-state index is -0.548. The van der Waals surface area contributed by atoms with Gasteiger partial charge in [-0.05, 0) is 29.3 Å². The minimum absolute atomic E-state index is 0.245. The number of hydrogen-bond acceptors (Lipinski definition) is 4. The normalized spacial score (nSPS) is 12.6. The fourth-order valence-electron chi connectivity index (χ4n) is 3.12. The number of amides is 2. The van der Waals surface area contributed by atoms with E-state index in [1.165, 1.54) is 6.07 Å². The molecule has 0 aliphatic carbocycles.